The van der Waals surface area contributed by atoms with Crippen LogP contribution in [0, 0.1) is 0 Å². The minimum atomic E-state index is -0.0780. The number of halogens is 1. The van der Waals surface area contributed by atoms with E-state index in [0.717, 1.165) is 23.4 Å². The van der Waals surface area contributed by atoms with Crippen molar-refractivity contribution in [3.63, 3.8) is 0 Å². The number of benzene rings is 1. The molecule has 0 aliphatic heterocycles. The average molecular weight is 324 g/mol. The number of nitrogens with zero attached hydrogens (tertiary/aromatic N) is 1. The molecule has 1 aromatic carbocycles. The molecule has 1 fully saturated rings. The molecular weight excluding hydrogens is 298 g/mol. The molecule has 0 aromatic heterocycles. The molecule has 122 valence electrons. The Balaban J connectivity index is 1.89. The molecule has 2 amide bonds. The van der Waals surface area contributed by atoms with Gasteiger partial charge in [0.05, 0.1) is 6.04 Å². The highest BCUT2D eigenvalue weighted by Gasteiger charge is 2.19. The Hall–Kier alpha value is -1.26. The van der Waals surface area contributed by atoms with E-state index in [1.807, 2.05) is 38.4 Å². The van der Waals surface area contributed by atoms with Crippen LogP contribution in [-0.4, -0.2) is 37.6 Å². The summed E-state index contributed by atoms with van der Waals surface area (Å²) in [6, 6.07) is 8.09. The zero-order valence-corrected chi connectivity index (χ0v) is 14.2. The lowest BCUT2D eigenvalue weighted by molar-refractivity contribution is 0.225. The van der Waals surface area contributed by atoms with E-state index in [2.05, 4.69) is 15.5 Å². The van der Waals surface area contributed by atoms with Gasteiger partial charge in [0.2, 0.25) is 0 Å². The Morgan fingerprint density at radius 3 is 2.59 bits per heavy atom. The molecule has 1 aromatic rings. The van der Waals surface area contributed by atoms with E-state index < -0.39 is 0 Å². The highest BCUT2D eigenvalue weighted by molar-refractivity contribution is 6.31. The largest absolute Gasteiger partial charge is 0.336 e. The van der Waals surface area contributed by atoms with Crippen molar-refractivity contribution in [2.24, 2.45) is 0 Å². The summed E-state index contributed by atoms with van der Waals surface area (Å²) >= 11 is 6.28. The molecule has 0 spiro atoms. The van der Waals surface area contributed by atoms with E-state index in [9.17, 15) is 4.79 Å². The Bertz CT molecular complexity index is 487. The third kappa shape index (κ3) is 4.89. The first kappa shape index (κ1) is 17.1. The zero-order valence-electron chi connectivity index (χ0n) is 13.4. The first-order valence-corrected chi connectivity index (χ1v) is 8.41. The van der Waals surface area contributed by atoms with Crippen LogP contribution >= 0.6 is 11.6 Å². The second kappa shape index (κ2) is 8.39. The lowest BCUT2D eigenvalue weighted by atomic mass is 9.96. The monoisotopic (exact) mass is 323 g/mol. The van der Waals surface area contributed by atoms with Crippen LogP contribution in [0.1, 0.15) is 43.7 Å². The molecule has 1 atom stereocenters. The van der Waals surface area contributed by atoms with Crippen LogP contribution in [0.2, 0.25) is 5.02 Å². The molecule has 0 saturated heterocycles. The van der Waals surface area contributed by atoms with E-state index >= 15 is 0 Å². The fraction of sp³-hybridized carbons (Fsp3) is 0.588. The minimum absolute atomic E-state index is 0.0609. The van der Waals surface area contributed by atoms with Gasteiger partial charge < -0.3 is 15.5 Å². The Kier molecular flexibility index (Phi) is 6.52. The lowest BCUT2D eigenvalue weighted by Gasteiger charge is -2.27. The number of urea groups is 1. The first-order valence-electron chi connectivity index (χ1n) is 8.03. The zero-order chi connectivity index (χ0) is 15.9. The van der Waals surface area contributed by atoms with Gasteiger partial charge in [0, 0.05) is 17.6 Å². The maximum absolute atomic E-state index is 12.1. The molecule has 4 nitrogen and oxygen atoms in total. The number of carbonyl (C=O) groups excluding carboxylic acids is 1. The average Bonchev–Trinajstić information content (AvgIpc) is 2.50. The minimum Gasteiger partial charge on any atom is -0.336 e. The smallest absolute Gasteiger partial charge is 0.315 e. The molecule has 0 bridgehead atoms. The van der Waals surface area contributed by atoms with Crippen molar-refractivity contribution < 1.29 is 4.79 Å². The van der Waals surface area contributed by atoms with Gasteiger partial charge in [-0.25, -0.2) is 4.79 Å². The fourth-order valence-corrected chi connectivity index (χ4v) is 3.25. The van der Waals surface area contributed by atoms with Gasteiger partial charge in [0.25, 0.3) is 0 Å². The van der Waals surface area contributed by atoms with Crippen LogP contribution in [0.4, 0.5) is 4.79 Å². The van der Waals surface area contributed by atoms with Gasteiger partial charge in [-0.1, -0.05) is 49.1 Å². The van der Waals surface area contributed by atoms with Crippen molar-refractivity contribution in [1.29, 1.82) is 0 Å². The number of hydrogen-bond donors (Lipinski definition) is 2. The van der Waals surface area contributed by atoms with Crippen molar-refractivity contribution >= 4 is 17.6 Å². The number of hydrogen-bond acceptors (Lipinski definition) is 2. The van der Waals surface area contributed by atoms with Crippen LogP contribution in [0.3, 0.4) is 0 Å². The van der Waals surface area contributed by atoms with Crippen molar-refractivity contribution in [2.75, 3.05) is 20.6 Å². The van der Waals surface area contributed by atoms with Crippen molar-refractivity contribution in [2.45, 2.75) is 44.2 Å². The number of amides is 2. The van der Waals surface area contributed by atoms with E-state index in [0.29, 0.717) is 12.6 Å². The summed E-state index contributed by atoms with van der Waals surface area (Å²) in [5.74, 6) is 0. The molecule has 1 saturated carbocycles. The maximum Gasteiger partial charge on any atom is 0.315 e. The van der Waals surface area contributed by atoms with Crippen LogP contribution in [0.25, 0.3) is 0 Å². The Labute approximate surface area is 138 Å². The summed E-state index contributed by atoms with van der Waals surface area (Å²) < 4.78 is 0. The van der Waals surface area contributed by atoms with E-state index in [1.165, 1.54) is 19.3 Å². The summed E-state index contributed by atoms with van der Waals surface area (Å²) in [5, 5.41) is 6.80. The number of carbonyl (C=O) groups is 1. The summed E-state index contributed by atoms with van der Waals surface area (Å²) in [6.07, 6.45) is 5.90. The van der Waals surface area contributed by atoms with Gasteiger partial charge in [-0.15, -0.1) is 0 Å². The third-order valence-corrected chi connectivity index (χ3v) is 4.63. The Morgan fingerprint density at radius 1 is 1.27 bits per heavy atom. The summed E-state index contributed by atoms with van der Waals surface area (Å²) in [4.78, 5) is 14.2. The van der Waals surface area contributed by atoms with Crippen molar-refractivity contribution in [3.8, 4) is 0 Å². The number of nitrogens with one attached hydrogen (secondary N) is 2. The predicted molar refractivity (Wildman–Crippen MR) is 91.3 cm³/mol. The Morgan fingerprint density at radius 2 is 1.95 bits per heavy atom. The van der Waals surface area contributed by atoms with Crippen molar-refractivity contribution in [3.05, 3.63) is 34.9 Å². The predicted octanol–water partition coefficient (Wildman–Crippen LogP) is 3.57. The van der Waals surface area contributed by atoms with Crippen LogP contribution in [0.15, 0.2) is 24.3 Å². The molecule has 2 rings (SSSR count). The van der Waals surface area contributed by atoms with Gasteiger partial charge in [-0.05, 0) is 38.6 Å². The van der Waals surface area contributed by atoms with Gasteiger partial charge in [-0.3, -0.25) is 0 Å². The van der Waals surface area contributed by atoms with Crippen molar-refractivity contribution in [1.82, 2.24) is 15.5 Å². The molecule has 0 unspecified atom stereocenters. The SMILES string of the molecule is CN(C)[C@H](CNC(=O)NC1CCCCC1)c1ccccc1Cl. The first-order chi connectivity index (χ1) is 10.6. The molecule has 0 heterocycles. The topological polar surface area (TPSA) is 44.4 Å². The van der Waals surface area contributed by atoms with E-state index in [1.54, 1.807) is 0 Å². The quantitative estimate of drug-likeness (QED) is 0.870. The molecule has 0 radical (unpaired) electrons. The summed E-state index contributed by atoms with van der Waals surface area (Å²) in [7, 11) is 3.99. The third-order valence-electron chi connectivity index (χ3n) is 4.28. The molecule has 2 N–H and O–H groups in total. The van der Waals surface area contributed by atoms with Crippen LogP contribution in [0.5, 0.6) is 0 Å². The van der Waals surface area contributed by atoms with Crippen LogP contribution < -0.4 is 10.6 Å². The maximum atomic E-state index is 12.1. The number of likely N-dealkylation sites (N-methyl/N-ethyl adjacent to an activating group) is 1. The van der Waals surface area contributed by atoms with Gasteiger partial charge in [-0.2, -0.15) is 0 Å². The normalized spacial score (nSPS) is 17.3. The second-order valence-electron chi connectivity index (χ2n) is 6.19. The molecule has 1 aliphatic rings. The number of rotatable bonds is 5. The highest BCUT2D eigenvalue weighted by atomic mass is 35.5. The molecule has 22 heavy (non-hydrogen) atoms. The standard InChI is InChI=1S/C17H26ClN3O/c1-21(2)16(14-10-6-7-11-15(14)18)12-19-17(22)20-13-8-4-3-5-9-13/h6-7,10-11,13,16H,3-5,8-9,12H2,1-2H3,(H2,19,20,22)/t16-/m1/s1. The fourth-order valence-electron chi connectivity index (χ4n) is 2.99. The van der Waals surface area contributed by atoms with Gasteiger partial charge >= 0.3 is 6.03 Å². The van der Waals surface area contributed by atoms with Gasteiger partial charge in [0.15, 0.2) is 0 Å². The van der Waals surface area contributed by atoms with E-state index in [4.69, 9.17) is 11.6 Å². The second-order valence-corrected chi connectivity index (χ2v) is 6.60. The molecule has 5 heteroatoms. The lowest BCUT2D eigenvalue weighted by Crippen LogP contribution is -2.45. The molecular formula is C17H26ClN3O. The summed E-state index contributed by atoms with van der Waals surface area (Å²) in [6.45, 7) is 0.537. The highest BCUT2D eigenvalue weighted by Crippen LogP contribution is 2.25. The van der Waals surface area contributed by atoms with E-state index in [-0.39, 0.29) is 12.1 Å². The molecule has 1 aliphatic carbocycles. The van der Waals surface area contributed by atoms with Gasteiger partial charge in [0.1, 0.15) is 0 Å². The summed E-state index contributed by atoms with van der Waals surface area (Å²) in [5.41, 5.74) is 1.03. The van der Waals surface area contributed by atoms with Crippen LogP contribution in [-0.2, 0) is 0 Å².